The maximum Gasteiger partial charge on any atom is 0.273 e. The van der Waals surface area contributed by atoms with Crippen molar-refractivity contribution in [3.05, 3.63) is 11.9 Å². The molecule has 1 aromatic rings. The Balaban J connectivity index is 2.12. The molecule has 1 aromatic heterocycles. The van der Waals surface area contributed by atoms with Gasteiger partial charge in [0.1, 0.15) is 0 Å². The largest absolute Gasteiger partial charge is 0.354 e. The van der Waals surface area contributed by atoms with Crippen molar-refractivity contribution in [2.45, 2.75) is 12.5 Å². The van der Waals surface area contributed by atoms with Crippen LogP contribution in [0.25, 0.3) is 0 Å². The summed E-state index contributed by atoms with van der Waals surface area (Å²) in [6.45, 7) is 1.90. The Hall–Kier alpha value is -1.43. The first-order valence-corrected chi connectivity index (χ1v) is 4.66. The predicted octanol–water partition coefficient (Wildman–Crippen LogP) is -0.828. The fraction of sp³-hybridized carbons (Fsp3) is 0.625. The molecule has 0 bridgehead atoms. The van der Waals surface area contributed by atoms with Crippen LogP contribution < -0.4 is 10.6 Å². The smallest absolute Gasteiger partial charge is 0.273 e. The lowest BCUT2D eigenvalue weighted by Crippen LogP contribution is -2.18. The van der Waals surface area contributed by atoms with Crippen molar-refractivity contribution in [3.63, 3.8) is 0 Å². The molecular weight excluding hydrogens is 182 g/mol. The van der Waals surface area contributed by atoms with Gasteiger partial charge in [-0.1, -0.05) is 5.21 Å². The van der Waals surface area contributed by atoms with Crippen LogP contribution in [0.15, 0.2) is 6.20 Å². The van der Waals surface area contributed by atoms with E-state index in [-0.39, 0.29) is 5.91 Å². The molecule has 1 fully saturated rings. The van der Waals surface area contributed by atoms with Gasteiger partial charge in [0.15, 0.2) is 5.69 Å². The highest BCUT2D eigenvalue weighted by Gasteiger charge is 2.19. The highest BCUT2D eigenvalue weighted by molar-refractivity contribution is 5.91. The number of hydrogen-bond acceptors (Lipinski definition) is 4. The van der Waals surface area contributed by atoms with Crippen LogP contribution in [0.1, 0.15) is 23.0 Å². The Labute approximate surface area is 81.7 Å². The normalized spacial score (nSPS) is 21.1. The monoisotopic (exact) mass is 195 g/mol. The lowest BCUT2D eigenvalue weighted by Gasteiger charge is -2.05. The van der Waals surface area contributed by atoms with E-state index in [1.165, 1.54) is 0 Å². The van der Waals surface area contributed by atoms with Gasteiger partial charge in [0.25, 0.3) is 5.91 Å². The average Bonchev–Trinajstić information content (AvgIpc) is 2.86. The molecule has 1 aliphatic rings. The molecule has 2 N–H and O–H groups in total. The van der Waals surface area contributed by atoms with Crippen molar-refractivity contribution in [3.8, 4) is 0 Å². The zero-order valence-corrected chi connectivity index (χ0v) is 8.03. The van der Waals surface area contributed by atoms with Gasteiger partial charge in [0, 0.05) is 13.6 Å². The molecule has 0 spiro atoms. The highest BCUT2D eigenvalue weighted by atomic mass is 16.1. The van der Waals surface area contributed by atoms with Gasteiger partial charge in [0.05, 0.1) is 12.2 Å². The summed E-state index contributed by atoms with van der Waals surface area (Å²) in [6, 6.07) is 0.334. The van der Waals surface area contributed by atoms with Crippen molar-refractivity contribution in [1.29, 1.82) is 0 Å². The van der Waals surface area contributed by atoms with Gasteiger partial charge >= 0.3 is 0 Å². The minimum atomic E-state index is -0.192. The third kappa shape index (κ3) is 1.60. The van der Waals surface area contributed by atoms with Gasteiger partial charge in [-0.05, 0) is 13.0 Å². The SMILES string of the molecule is CNC(=O)c1cn(C2CCNC2)nn1. The molecule has 6 nitrogen and oxygen atoms in total. The van der Waals surface area contributed by atoms with Gasteiger partial charge in [-0.2, -0.15) is 0 Å². The predicted molar refractivity (Wildman–Crippen MR) is 49.9 cm³/mol. The van der Waals surface area contributed by atoms with Crippen molar-refractivity contribution < 1.29 is 4.79 Å². The summed E-state index contributed by atoms with van der Waals surface area (Å²) in [5.74, 6) is -0.192. The Morgan fingerprint density at radius 3 is 3.29 bits per heavy atom. The summed E-state index contributed by atoms with van der Waals surface area (Å²) >= 11 is 0. The van der Waals surface area contributed by atoms with Gasteiger partial charge in [0.2, 0.25) is 0 Å². The molecule has 6 heteroatoms. The Morgan fingerprint density at radius 2 is 2.64 bits per heavy atom. The molecule has 76 valence electrons. The van der Waals surface area contributed by atoms with Crippen LogP contribution in [0.4, 0.5) is 0 Å². The number of amides is 1. The van der Waals surface area contributed by atoms with E-state index >= 15 is 0 Å². The second-order valence-corrected chi connectivity index (χ2v) is 3.31. The Morgan fingerprint density at radius 1 is 1.79 bits per heavy atom. The van der Waals surface area contributed by atoms with Crippen LogP contribution in [-0.4, -0.2) is 41.0 Å². The minimum Gasteiger partial charge on any atom is -0.354 e. The van der Waals surface area contributed by atoms with Crippen LogP contribution >= 0.6 is 0 Å². The van der Waals surface area contributed by atoms with Crippen molar-refractivity contribution >= 4 is 5.91 Å². The van der Waals surface area contributed by atoms with E-state index in [0.29, 0.717) is 11.7 Å². The number of nitrogens with zero attached hydrogens (tertiary/aromatic N) is 3. The van der Waals surface area contributed by atoms with Crippen molar-refractivity contribution in [2.75, 3.05) is 20.1 Å². The van der Waals surface area contributed by atoms with Gasteiger partial charge in [-0.25, -0.2) is 4.68 Å². The van der Waals surface area contributed by atoms with Crippen LogP contribution in [0, 0.1) is 0 Å². The lowest BCUT2D eigenvalue weighted by atomic mass is 10.3. The molecule has 14 heavy (non-hydrogen) atoms. The van der Waals surface area contributed by atoms with Crippen LogP contribution in [0.2, 0.25) is 0 Å². The molecule has 1 saturated heterocycles. The van der Waals surface area contributed by atoms with E-state index in [0.717, 1.165) is 19.5 Å². The maximum atomic E-state index is 11.2. The first-order chi connectivity index (χ1) is 6.81. The molecule has 0 aliphatic carbocycles. The number of hydrogen-bond donors (Lipinski definition) is 2. The molecular formula is C8H13N5O. The zero-order chi connectivity index (χ0) is 9.97. The summed E-state index contributed by atoms with van der Waals surface area (Å²) < 4.78 is 1.75. The first kappa shape index (κ1) is 9.14. The number of carbonyl (C=O) groups excluding carboxylic acids is 1. The van der Waals surface area contributed by atoms with E-state index in [1.807, 2.05) is 0 Å². The second kappa shape index (κ2) is 3.75. The average molecular weight is 195 g/mol. The fourth-order valence-electron chi connectivity index (χ4n) is 1.55. The van der Waals surface area contributed by atoms with E-state index in [9.17, 15) is 4.79 Å². The molecule has 0 aromatic carbocycles. The van der Waals surface area contributed by atoms with Gasteiger partial charge in [-0.15, -0.1) is 5.10 Å². The van der Waals surface area contributed by atoms with E-state index in [2.05, 4.69) is 20.9 Å². The number of rotatable bonds is 2. The molecule has 1 unspecified atom stereocenters. The summed E-state index contributed by atoms with van der Waals surface area (Å²) in [5, 5.41) is 13.5. The van der Waals surface area contributed by atoms with E-state index < -0.39 is 0 Å². The summed E-state index contributed by atoms with van der Waals surface area (Å²) in [6.07, 6.45) is 2.73. The molecule has 1 amide bonds. The Bertz CT molecular complexity index is 328. The molecule has 1 atom stereocenters. The third-order valence-corrected chi connectivity index (χ3v) is 2.38. The number of aromatic nitrogens is 3. The third-order valence-electron chi connectivity index (χ3n) is 2.38. The standard InChI is InChI=1S/C8H13N5O/c1-9-8(14)7-5-13(12-11-7)6-2-3-10-4-6/h5-6,10H,2-4H2,1H3,(H,9,14). The minimum absolute atomic E-state index is 0.192. The molecule has 0 saturated carbocycles. The fourth-order valence-corrected chi connectivity index (χ4v) is 1.55. The molecule has 2 heterocycles. The van der Waals surface area contributed by atoms with Crippen LogP contribution in [-0.2, 0) is 0 Å². The number of carbonyl (C=O) groups is 1. The first-order valence-electron chi connectivity index (χ1n) is 4.66. The van der Waals surface area contributed by atoms with Crippen molar-refractivity contribution in [1.82, 2.24) is 25.6 Å². The number of nitrogens with one attached hydrogen (secondary N) is 2. The van der Waals surface area contributed by atoms with Crippen LogP contribution in [0.3, 0.4) is 0 Å². The lowest BCUT2D eigenvalue weighted by molar-refractivity contribution is 0.0958. The quantitative estimate of drug-likeness (QED) is 0.646. The summed E-state index contributed by atoms with van der Waals surface area (Å²) in [5.41, 5.74) is 0.374. The van der Waals surface area contributed by atoms with Crippen molar-refractivity contribution in [2.24, 2.45) is 0 Å². The van der Waals surface area contributed by atoms with E-state index in [4.69, 9.17) is 0 Å². The topological polar surface area (TPSA) is 71.8 Å². The van der Waals surface area contributed by atoms with E-state index in [1.54, 1.807) is 17.9 Å². The van der Waals surface area contributed by atoms with Gasteiger partial charge < -0.3 is 10.6 Å². The Kier molecular flexibility index (Phi) is 2.45. The zero-order valence-electron chi connectivity index (χ0n) is 8.03. The summed E-state index contributed by atoms with van der Waals surface area (Å²) in [7, 11) is 1.58. The molecule has 2 rings (SSSR count). The molecule has 0 radical (unpaired) electrons. The highest BCUT2D eigenvalue weighted by Crippen LogP contribution is 2.13. The maximum absolute atomic E-state index is 11.2. The summed E-state index contributed by atoms with van der Waals surface area (Å²) in [4.78, 5) is 11.2. The molecule has 1 aliphatic heterocycles. The van der Waals surface area contributed by atoms with Gasteiger partial charge in [-0.3, -0.25) is 4.79 Å². The second-order valence-electron chi connectivity index (χ2n) is 3.31. The van der Waals surface area contributed by atoms with Crippen LogP contribution in [0.5, 0.6) is 0 Å².